The van der Waals surface area contributed by atoms with Gasteiger partial charge in [0, 0.05) is 18.5 Å². The molecule has 1 atom stereocenters. The molecule has 0 bridgehead atoms. The standard InChI is InChI=1S/C12H20BrN3S/c1-8(2)12-15-10(13)5-11(16-12)14-6-9(3)7-17-4/h5,8-9H,6-7H2,1-4H3,(H,14,15,16). The van der Waals surface area contributed by atoms with Crippen LogP contribution in [0.2, 0.25) is 0 Å². The van der Waals surface area contributed by atoms with E-state index in [1.54, 1.807) is 0 Å². The second-order valence-electron chi connectivity index (χ2n) is 4.53. The van der Waals surface area contributed by atoms with Crippen molar-refractivity contribution in [1.82, 2.24) is 9.97 Å². The molecule has 0 fully saturated rings. The zero-order valence-electron chi connectivity index (χ0n) is 10.8. The van der Waals surface area contributed by atoms with Crippen molar-refractivity contribution in [3.63, 3.8) is 0 Å². The molecule has 17 heavy (non-hydrogen) atoms. The zero-order valence-corrected chi connectivity index (χ0v) is 13.2. The molecule has 1 rings (SSSR count). The van der Waals surface area contributed by atoms with Gasteiger partial charge in [0.05, 0.1) is 0 Å². The highest BCUT2D eigenvalue weighted by molar-refractivity contribution is 9.10. The van der Waals surface area contributed by atoms with E-state index in [0.29, 0.717) is 11.8 Å². The average molecular weight is 318 g/mol. The van der Waals surface area contributed by atoms with Gasteiger partial charge in [-0.15, -0.1) is 0 Å². The van der Waals surface area contributed by atoms with Crippen molar-refractivity contribution in [3.05, 3.63) is 16.5 Å². The predicted molar refractivity (Wildman–Crippen MR) is 79.9 cm³/mol. The van der Waals surface area contributed by atoms with Gasteiger partial charge in [-0.05, 0) is 33.9 Å². The molecular formula is C12H20BrN3S. The second kappa shape index (κ2) is 7.21. The Morgan fingerprint density at radius 3 is 2.65 bits per heavy atom. The molecule has 0 aliphatic heterocycles. The fourth-order valence-electron chi connectivity index (χ4n) is 1.41. The van der Waals surface area contributed by atoms with Crippen LogP contribution in [0, 0.1) is 5.92 Å². The van der Waals surface area contributed by atoms with E-state index in [2.05, 4.69) is 58.2 Å². The Bertz CT molecular complexity index is 358. The number of halogens is 1. The Kier molecular flexibility index (Phi) is 6.27. The van der Waals surface area contributed by atoms with E-state index in [4.69, 9.17) is 0 Å². The van der Waals surface area contributed by atoms with Crippen molar-refractivity contribution < 1.29 is 0 Å². The number of thioether (sulfide) groups is 1. The van der Waals surface area contributed by atoms with Gasteiger partial charge in [-0.2, -0.15) is 11.8 Å². The van der Waals surface area contributed by atoms with E-state index in [-0.39, 0.29) is 0 Å². The molecule has 0 amide bonds. The van der Waals surface area contributed by atoms with Crippen LogP contribution in [0.1, 0.15) is 32.5 Å². The first-order valence-electron chi connectivity index (χ1n) is 5.80. The lowest BCUT2D eigenvalue weighted by molar-refractivity contribution is 0.696. The van der Waals surface area contributed by atoms with Crippen molar-refractivity contribution in [2.45, 2.75) is 26.7 Å². The largest absolute Gasteiger partial charge is 0.370 e. The third-order valence-corrected chi connectivity index (χ3v) is 3.62. The molecule has 3 nitrogen and oxygen atoms in total. The van der Waals surface area contributed by atoms with Crippen LogP contribution in [-0.4, -0.2) is 28.5 Å². The number of aromatic nitrogens is 2. The number of hydrogen-bond donors (Lipinski definition) is 1. The minimum absolute atomic E-state index is 0.344. The topological polar surface area (TPSA) is 37.8 Å². The summed E-state index contributed by atoms with van der Waals surface area (Å²) in [5, 5.41) is 3.37. The maximum Gasteiger partial charge on any atom is 0.134 e. The van der Waals surface area contributed by atoms with Crippen LogP contribution in [0.15, 0.2) is 10.7 Å². The summed E-state index contributed by atoms with van der Waals surface area (Å²) < 4.78 is 0.844. The van der Waals surface area contributed by atoms with E-state index in [1.165, 1.54) is 0 Å². The third-order valence-electron chi connectivity index (χ3n) is 2.31. The quantitative estimate of drug-likeness (QED) is 0.810. The van der Waals surface area contributed by atoms with Crippen molar-refractivity contribution in [3.8, 4) is 0 Å². The Morgan fingerprint density at radius 2 is 2.06 bits per heavy atom. The fourth-order valence-corrected chi connectivity index (χ4v) is 2.49. The lowest BCUT2D eigenvalue weighted by atomic mass is 10.2. The molecule has 0 saturated carbocycles. The number of hydrogen-bond acceptors (Lipinski definition) is 4. The molecule has 1 N–H and O–H groups in total. The lowest BCUT2D eigenvalue weighted by Crippen LogP contribution is -2.15. The van der Waals surface area contributed by atoms with Crippen LogP contribution in [0.5, 0.6) is 0 Å². The van der Waals surface area contributed by atoms with E-state index in [0.717, 1.165) is 28.5 Å². The summed E-state index contributed by atoms with van der Waals surface area (Å²) in [7, 11) is 0. The molecule has 1 aromatic rings. The molecule has 0 saturated heterocycles. The summed E-state index contributed by atoms with van der Waals surface area (Å²) in [6.45, 7) is 7.38. The van der Waals surface area contributed by atoms with Crippen LogP contribution >= 0.6 is 27.7 Å². The Morgan fingerprint density at radius 1 is 1.35 bits per heavy atom. The van der Waals surface area contributed by atoms with Gasteiger partial charge < -0.3 is 5.32 Å². The van der Waals surface area contributed by atoms with Crippen molar-refractivity contribution >= 4 is 33.5 Å². The van der Waals surface area contributed by atoms with Gasteiger partial charge >= 0.3 is 0 Å². The van der Waals surface area contributed by atoms with Crippen LogP contribution < -0.4 is 5.32 Å². The highest BCUT2D eigenvalue weighted by Gasteiger charge is 2.07. The first-order valence-corrected chi connectivity index (χ1v) is 7.99. The van der Waals surface area contributed by atoms with E-state index >= 15 is 0 Å². The summed E-state index contributed by atoms with van der Waals surface area (Å²) in [5.41, 5.74) is 0. The highest BCUT2D eigenvalue weighted by Crippen LogP contribution is 2.17. The minimum atomic E-state index is 0.344. The molecule has 0 radical (unpaired) electrons. The average Bonchev–Trinajstić information content (AvgIpc) is 2.26. The van der Waals surface area contributed by atoms with Crippen LogP contribution in [0.25, 0.3) is 0 Å². The van der Waals surface area contributed by atoms with Gasteiger partial charge in [0.15, 0.2) is 0 Å². The number of nitrogens with one attached hydrogen (secondary N) is 1. The SMILES string of the molecule is CSCC(C)CNc1cc(Br)nc(C(C)C)n1. The summed E-state index contributed by atoms with van der Waals surface area (Å²) in [4.78, 5) is 8.86. The van der Waals surface area contributed by atoms with E-state index in [9.17, 15) is 0 Å². The van der Waals surface area contributed by atoms with Crippen molar-refractivity contribution in [2.24, 2.45) is 5.92 Å². The maximum atomic E-state index is 4.51. The predicted octanol–water partition coefficient (Wildman–Crippen LogP) is 3.77. The minimum Gasteiger partial charge on any atom is -0.370 e. The second-order valence-corrected chi connectivity index (χ2v) is 6.25. The van der Waals surface area contributed by atoms with Crippen LogP contribution in [0.3, 0.4) is 0 Å². The summed E-state index contributed by atoms with van der Waals surface area (Å²) >= 11 is 5.30. The molecule has 0 aliphatic rings. The molecule has 1 aromatic heterocycles. The lowest BCUT2D eigenvalue weighted by Gasteiger charge is -2.13. The van der Waals surface area contributed by atoms with Gasteiger partial charge in [0.2, 0.25) is 0 Å². The number of nitrogens with zero attached hydrogens (tertiary/aromatic N) is 2. The molecule has 1 heterocycles. The first-order chi connectivity index (χ1) is 8.02. The maximum absolute atomic E-state index is 4.51. The van der Waals surface area contributed by atoms with E-state index < -0.39 is 0 Å². The smallest absolute Gasteiger partial charge is 0.134 e. The molecule has 1 unspecified atom stereocenters. The molecule has 96 valence electrons. The summed E-state index contributed by atoms with van der Waals surface area (Å²) in [6.07, 6.45) is 2.13. The normalized spacial score (nSPS) is 12.8. The Labute approximate surface area is 116 Å². The Hall–Kier alpha value is -0.290. The molecule has 0 aromatic carbocycles. The molecule has 0 aliphatic carbocycles. The zero-order chi connectivity index (χ0) is 12.8. The summed E-state index contributed by atoms with van der Waals surface area (Å²) in [5.74, 6) is 3.93. The third kappa shape index (κ3) is 5.25. The first kappa shape index (κ1) is 14.8. The van der Waals surface area contributed by atoms with Gasteiger partial charge in [0.25, 0.3) is 0 Å². The monoisotopic (exact) mass is 317 g/mol. The molecule has 5 heteroatoms. The number of rotatable bonds is 6. The van der Waals surface area contributed by atoms with Gasteiger partial charge in [0.1, 0.15) is 16.2 Å². The van der Waals surface area contributed by atoms with Crippen LogP contribution in [0.4, 0.5) is 5.82 Å². The van der Waals surface area contributed by atoms with Crippen molar-refractivity contribution in [2.75, 3.05) is 23.9 Å². The fraction of sp³-hybridized carbons (Fsp3) is 0.667. The van der Waals surface area contributed by atoms with Crippen molar-refractivity contribution in [1.29, 1.82) is 0 Å². The van der Waals surface area contributed by atoms with Gasteiger partial charge in [-0.3, -0.25) is 0 Å². The highest BCUT2D eigenvalue weighted by atomic mass is 79.9. The van der Waals surface area contributed by atoms with Gasteiger partial charge in [-0.25, -0.2) is 9.97 Å². The van der Waals surface area contributed by atoms with E-state index in [1.807, 2.05) is 17.8 Å². The number of anilines is 1. The van der Waals surface area contributed by atoms with Crippen LogP contribution in [-0.2, 0) is 0 Å². The molecular weight excluding hydrogens is 298 g/mol. The Balaban J connectivity index is 2.64. The van der Waals surface area contributed by atoms with Gasteiger partial charge in [-0.1, -0.05) is 20.8 Å². The summed E-state index contributed by atoms with van der Waals surface area (Å²) in [6, 6.07) is 1.93. The molecule has 0 spiro atoms.